The Balaban J connectivity index is 2.72. The van der Waals surface area contributed by atoms with Crippen LogP contribution in [-0.2, 0) is 14.3 Å². The highest BCUT2D eigenvalue weighted by molar-refractivity contribution is 6.58. The van der Waals surface area contributed by atoms with E-state index < -0.39 is 22.4 Å². The number of alkyl halides is 2. The Bertz CT molecular complexity index is 213. The summed E-state index contributed by atoms with van der Waals surface area (Å²) in [4.78, 5) is 20.9. The van der Waals surface area contributed by atoms with Crippen LogP contribution < -0.4 is 0 Å². The van der Waals surface area contributed by atoms with Crippen molar-refractivity contribution in [1.82, 2.24) is 0 Å². The van der Waals surface area contributed by atoms with Crippen molar-refractivity contribution in [2.24, 2.45) is 0 Å². The van der Waals surface area contributed by atoms with Crippen molar-refractivity contribution < 1.29 is 19.4 Å². The van der Waals surface area contributed by atoms with E-state index in [1.807, 2.05) is 0 Å². The molecule has 0 bridgehead atoms. The van der Waals surface area contributed by atoms with Gasteiger partial charge in [-0.05, 0) is 0 Å². The molecule has 1 unspecified atom stereocenters. The van der Waals surface area contributed by atoms with Gasteiger partial charge in [0.25, 0.3) is 0 Å². The first kappa shape index (κ1) is 8.62. The SMILES string of the molecule is O=C(O)C1CC(Cl)(Cl)C(=O)O1. The molecule has 0 aromatic carbocycles. The molecule has 0 radical (unpaired) electrons. The minimum atomic E-state index is -1.69. The van der Waals surface area contributed by atoms with E-state index in [9.17, 15) is 9.59 Å². The first-order valence-electron chi connectivity index (χ1n) is 2.75. The van der Waals surface area contributed by atoms with Crippen molar-refractivity contribution in [1.29, 1.82) is 0 Å². The zero-order valence-corrected chi connectivity index (χ0v) is 6.72. The van der Waals surface area contributed by atoms with Gasteiger partial charge in [0.2, 0.25) is 10.4 Å². The summed E-state index contributed by atoms with van der Waals surface area (Å²) in [6, 6.07) is 0. The van der Waals surface area contributed by atoms with Gasteiger partial charge < -0.3 is 9.84 Å². The molecule has 0 saturated carbocycles. The number of hydrogen-bond acceptors (Lipinski definition) is 3. The summed E-state index contributed by atoms with van der Waals surface area (Å²) in [5.74, 6) is -2.13. The summed E-state index contributed by atoms with van der Waals surface area (Å²) < 4.78 is 2.64. The molecule has 4 nitrogen and oxygen atoms in total. The monoisotopic (exact) mass is 198 g/mol. The van der Waals surface area contributed by atoms with Crippen LogP contribution in [0, 0.1) is 0 Å². The molecular weight excluding hydrogens is 195 g/mol. The summed E-state index contributed by atoms with van der Waals surface area (Å²) >= 11 is 10.8. The van der Waals surface area contributed by atoms with Crippen molar-refractivity contribution in [3.8, 4) is 0 Å². The smallest absolute Gasteiger partial charge is 0.345 e. The molecule has 1 aliphatic heterocycles. The van der Waals surface area contributed by atoms with E-state index in [1.54, 1.807) is 0 Å². The molecule has 1 fully saturated rings. The largest absolute Gasteiger partial charge is 0.479 e. The summed E-state index contributed by atoms with van der Waals surface area (Å²) in [7, 11) is 0. The molecule has 0 aromatic heterocycles. The summed E-state index contributed by atoms with van der Waals surface area (Å²) in [5.41, 5.74) is 0. The fourth-order valence-corrected chi connectivity index (χ4v) is 1.08. The number of cyclic esters (lactones) is 1. The van der Waals surface area contributed by atoms with Crippen molar-refractivity contribution in [3.05, 3.63) is 0 Å². The average Bonchev–Trinajstić information content (AvgIpc) is 2.08. The number of rotatable bonds is 1. The summed E-state index contributed by atoms with van der Waals surface area (Å²) in [5, 5.41) is 8.37. The molecule has 0 amide bonds. The van der Waals surface area contributed by atoms with E-state index >= 15 is 0 Å². The molecule has 1 N–H and O–H groups in total. The zero-order chi connectivity index (χ0) is 8.65. The number of aliphatic carboxylic acids is 1. The number of halogens is 2. The first-order valence-corrected chi connectivity index (χ1v) is 3.51. The first-order chi connectivity index (χ1) is 4.93. The quantitative estimate of drug-likeness (QED) is 0.495. The van der Waals surface area contributed by atoms with Crippen LogP contribution in [0.2, 0.25) is 0 Å². The van der Waals surface area contributed by atoms with Crippen LogP contribution in [0.4, 0.5) is 0 Å². The maximum Gasteiger partial charge on any atom is 0.345 e. The van der Waals surface area contributed by atoms with Crippen LogP contribution >= 0.6 is 23.2 Å². The van der Waals surface area contributed by atoms with Gasteiger partial charge >= 0.3 is 11.9 Å². The topological polar surface area (TPSA) is 63.6 Å². The highest BCUT2D eigenvalue weighted by Gasteiger charge is 2.49. The van der Waals surface area contributed by atoms with E-state index in [2.05, 4.69) is 4.74 Å². The van der Waals surface area contributed by atoms with Gasteiger partial charge in [0.05, 0.1) is 0 Å². The lowest BCUT2D eigenvalue weighted by Gasteiger charge is -2.02. The molecule has 6 heteroatoms. The predicted molar refractivity (Wildman–Crippen MR) is 36.6 cm³/mol. The molecule has 1 heterocycles. The normalized spacial score (nSPS) is 28.2. The number of hydrogen-bond donors (Lipinski definition) is 1. The van der Waals surface area contributed by atoms with Gasteiger partial charge in [-0.2, -0.15) is 0 Å². The van der Waals surface area contributed by atoms with Gasteiger partial charge in [-0.15, -0.1) is 0 Å². The molecular formula is C5H4Cl2O4. The second-order valence-corrected chi connectivity index (χ2v) is 3.62. The summed E-state index contributed by atoms with van der Waals surface area (Å²) in [6.45, 7) is 0. The van der Waals surface area contributed by atoms with Crippen LogP contribution in [0.5, 0.6) is 0 Å². The third-order valence-electron chi connectivity index (χ3n) is 1.27. The van der Waals surface area contributed by atoms with Crippen LogP contribution in [0.25, 0.3) is 0 Å². The molecule has 62 valence electrons. The second kappa shape index (κ2) is 2.53. The minimum Gasteiger partial charge on any atom is -0.479 e. The van der Waals surface area contributed by atoms with E-state index in [-0.39, 0.29) is 6.42 Å². The van der Waals surface area contributed by atoms with E-state index in [4.69, 9.17) is 28.3 Å². The molecule has 0 aliphatic carbocycles. The predicted octanol–water partition coefficient (Wildman–Crippen LogP) is 0.560. The van der Waals surface area contributed by atoms with Gasteiger partial charge in [0.15, 0.2) is 0 Å². The number of esters is 1. The Morgan fingerprint density at radius 1 is 1.73 bits per heavy atom. The highest BCUT2D eigenvalue weighted by atomic mass is 35.5. The molecule has 1 saturated heterocycles. The van der Waals surface area contributed by atoms with Crippen molar-refractivity contribution in [3.63, 3.8) is 0 Å². The molecule has 11 heavy (non-hydrogen) atoms. The third kappa shape index (κ3) is 1.57. The molecule has 0 spiro atoms. The fourth-order valence-electron chi connectivity index (χ4n) is 0.711. The number of ether oxygens (including phenoxy) is 1. The van der Waals surface area contributed by atoms with Crippen molar-refractivity contribution in [2.75, 3.05) is 0 Å². The molecule has 1 atom stereocenters. The molecule has 1 rings (SSSR count). The second-order valence-electron chi connectivity index (χ2n) is 2.14. The maximum atomic E-state index is 10.7. The van der Waals surface area contributed by atoms with Crippen LogP contribution in [-0.4, -0.2) is 27.5 Å². The van der Waals surface area contributed by atoms with E-state index in [0.29, 0.717) is 0 Å². The fraction of sp³-hybridized carbons (Fsp3) is 0.600. The van der Waals surface area contributed by atoms with Crippen molar-refractivity contribution in [2.45, 2.75) is 16.9 Å². The van der Waals surface area contributed by atoms with Gasteiger partial charge in [0.1, 0.15) is 0 Å². The van der Waals surface area contributed by atoms with Gasteiger partial charge in [0, 0.05) is 6.42 Å². The van der Waals surface area contributed by atoms with Gasteiger partial charge in [-0.3, -0.25) is 0 Å². The Morgan fingerprint density at radius 2 is 2.27 bits per heavy atom. The average molecular weight is 199 g/mol. The maximum absolute atomic E-state index is 10.7. The number of carboxylic acids is 1. The van der Waals surface area contributed by atoms with E-state index in [0.717, 1.165) is 0 Å². The lowest BCUT2D eigenvalue weighted by atomic mass is 10.2. The van der Waals surface area contributed by atoms with Crippen molar-refractivity contribution >= 4 is 35.1 Å². The minimum absolute atomic E-state index is 0.204. The Labute approximate surface area is 72.0 Å². The Morgan fingerprint density at radius 3 is 2.45 bits per heavy atom. The van der Waals surface area contributed by atoms with Crippen LogP contribution in [0.3, 0.4) is 0 Å². The third-order valence-corrected chi connectivity index (χ3v) is 1.88. The zero-order valence-electron chi connectivity index (χ0n) is 5.21. The van der Waals surface area contributed by atoms with E-state index in [1.165, 1.54) is 0 Å². The standard InChI is InChI=1S/C5H4Cl2O4/c6-5(7)1-2(3(8)9)11-4(5)10/h2H,1H2,(H,8,9). The Kier molecular flexibility index (Phi) is 1.98. The highest BCUT2D eigenvalue weighted by Crippen LogP contribution is 2.35. The number of carbonyl (C=O) groups excluding carboxylic acids is 1. The molecule has 1 aliphatic rings. The lowest BCUT2D eigenvalue weighted by molar-refractivity contribution is -0.156. The van der Waals surface area contributed by atoms with Crippen LogP contribution in [0.15, 0.2) is 0 Å². The Hall–Kier alpha value is -0.480. The van der Waals surface area contributed by atoms with Crippen LogP contribution in [0.1, 0.15) is 6.42 Å². The summed E-state index contributed by atoms with van der Waals surface area (Å²) in [6.07, 6.45) is -1.41. The number of carbonyl (C=O) groups is 2. The number of carboxylic acid groups (broad SMARTS) is 1. The molecule has 0 aromatic rings. The van der Waals surface area contributed by atoms with Gasteiger partial charge in [-0.25, -0.2) is 9.59 Å². The van der Waals surface area contributed by atoms with Gasteiger partial charge in [-0.1, -0.05) is 23.2 Å². The lowest BCUT2D eigenvalue weighted by Crippen LogP contribution is -2.19.